The van der Waals surface area contributed by atoms with Gasteiger partial charge in [-0.3, -0.25) is 4.79 Å². The fourth-order valence-corrected chi connectivity index (χ4v) is 4.50. The first-order valence-electron chi connectivity index (χ1n) is 11.3. The van der Waals surface area contributed by atoms with Crippen molar-refractivity contribution in [2.24, 2.45) is 5.92 Å². The largest absolute Gasteiger partial charge is 0.372 e. The van der Waals surface area contributed by atoms with E-state index in [0.29, 0.717) is 13.1 Å². The molecular weight excluding hydrogens is 388 g/mol. The fourth-order valence-electron chi connectivity index (χ4n) is 4.50. The van der Waals surface area contributed by atoms with E-state index < -0.39 is 0 Å². The Labute approximate surface area is 184 Å². The molecule has 3 amide bonds. The van der Waals surface area contributed by atoms with Gasteiger partial charge in [0.25, 0.3) is 0 Å². The summed E-state index contributed by atoms with van der Waals surface area (Å²) in [5.41, 5.74) is 5.03. The van der Waals surface area contributed by atoms with Crippen molar-refractivity contribution in [3.8, 4) is 0 Å². The zero-order valence-electron chi connectivity index (χ0n) is 18.5. The Balaban J connectivity index is 1.35. The van der Waals surface area contributed by atoms with Crippen LogP contribution >= 0.6 is 0 Å². The predicted molar refractivity (Wildman–Crippen MR) is 126 cm³/mol. The number of urea groups is 1. The predicted octanol–water partition coefficient (Wildman–Crippen LogP) is 4.79. The van der Waals surface area contributed by atoms with Crippen LogP contribution in [0, 0.1) is 19.8 Å². The van der Waals surface area contributed by atoms with E-state index in [1.165, 1.54) is 18.5 Å². The Bertz CT molecular complexity index is 952. The Morgan fingerprint density at radius 1 is 0.935 bits per heavy atom. The molecule has 2 N–H and O–H groups in total. The standard InChI is InChI=1S/C25H32N4O2/c1-18-7-5-9-21(15-18)26-25(31)29-14-6-8-20(17-29)24(30)27-23-11-10-22(16-19(23)2)28-12-3-4-13-28/h5,7,9-11,15-16,20H,3-4,6,8,12-14,17H2,1-2H3,(H,26,31)(H,27,30)/t20-/m1/s1. The van der Waals surface area contributed by atoms with Crippen LogP contribution < -0.4 is 15.5 Å². The van der Waals surface area contributed by atoms with Crippen LogP contribution in [0.1, 0.15) is 36.8 Å². The lowest BCUT2D eigenvalue weighted by atomic mass is 9.97. The number of anilines is 3. The van der Waals surface area contributed by atoms with Crippen molar-refractivity contribution in [1.82, 2.24) is 4.90 Å². The van der Waals surface area contributed by atoms with E-state index in [2.05, 4.69) is 27.7 Å². The molecule has 0 radical (unpaired) electrons. The summed E-state index contributed by atoms with van der Waals surface area (Å²) in [6, 6.07) is 13.9. The Kier molecular flexibility index (Phi) is 6.44. The number of benzene rings is 2. The number of nitrogens with one attached hydrogen (secondary N) is 2. The fraction of sp³-hybridized carbons (Fsp3) is 0.440. The third-order valence-electron chi connectivity index (χ3n) is 6.29. The monoisotopic (exact) mass is 420 g/mol. The van der Waals surface area contributed by atoms with Crippen LogP contribution in [0.3, 0.4) is 0 Å². The molecule has 0 aliphatic carbocycles. The van der Waals surface area contributed by atoms with Gasteiger partial charge < -0.3 is 20.4 Å². The molecule has 6 heteroatoms. The Morgan fingerprint density at radius 2 is 1.74 bits per heavy atom. The van der Waals surface area contributed by atoms with Crippen LogP contribution in [-0.4, -0.2) is 43.0 Å². The maximum Gasteiger partial charge on any atom is 0.321 e. The zero-order chi connectivity index (χ0) is 21.8. The van der Waals surface area contributed by atoms with Crippen molar-refractivity contribution in [2.75, 3.05) is 41.7 Å². The molecule has 4 rings (SSSR count). The van der Waals surface area contributed by atoms with Crippen molar-refractivity contribution in [2.45, 2.75) is 39.5 Å². The van der Waals surface area contributed by atoms with Crippen LogP contribution in [0.25, 0.3) is 0 Å². The summed E-state index contributed by atoms with van der Waals surface area (Å²) in [6.07, 6.45) is 4.11. The first-order valence-corrected chi connectivity index (χ1v) is 11.3. The molecule has 0 bridgehead atoms. The van der Waals surface area contributed by atoms with Gasteiger partial charge >= 0.3 is 6.03 Å². The molecule has 2 aliphatic heterocycles. The van der Waals surface area contributed by atoms with Gasteiger partial charge in [-0.1, -0.05) is 12.1 Å². The Morgan fingerprint density at radius 3 is 2.48 bits per heavy atom. The average Bonchev–Trinajstić information content (AvgIpc) is 3.30. The van der Waals surface area contributed by atoms with E-state index in [0.717, 1.165) is 48.4 Å². The highest BCUT2D eigenvalue weighted by atomic mass is 16.2. The molecule has 0 aromatic heterocycles. The molecule has 2 heterocycles. The summed E-state index contributed by atoms with van der Waals surface area (Å²) in [4.78, 5) is 29.8. The molecule has 6 nitrogen and oxygen atoms in total. The van der Waals surface area contributed by atoms with E-state index in [4.69, 9.17) is 0 Å². The van der Waals surface area contributed by atoms with Crippen molar-refractivity contribution in [1.29, 1.82) is 0 Å². The first-order chi connectivity index (χ1) is 15.0. The minimum Gasteiger partial charge on any atom is -0.372 e. The number of rotatable bonds is 4. The topological polar surface area (TPSA) is 64.7 Å². The molecule has 2 fully saturated rings. The smallest absolute Gasteiger partial charge is 0.321 e. The van der Waals surface area contributed by atoms with Gasteiger partial charge in [0, 0.05) is 43.2 Å². The molecule has 0 saturated carbocycles. The second-order valence-electron chi connectivity index (χ2n) is 8.77. The van der Waals surface area contributed by atoms with Gasteiger partial charge in [0.05, 0.1) is 5.92 Å². The van der Waals surface area contributed by atoms with E-state index >= 15 is 0 Å². The molecule has 164 valence electrons. The molecule has 1 atom stereocenters. The number of nitrogens with zero attached hydrogens (tertiary/aromatic N) is 2. The quantitative estimate of drug-likeness (QED) is 0.748. The van der Waals surface area contributed by atoms with Gasteiger partial charge in [0.15, 0.2) is 0 Å². The normalized spacial score (nSPS) is 18.7. The molecular formula is C25H32N4O2. The lowest BCUT2D eigenvalue weighted by Crippen LogP contribution is -2.45. The highest BCUT2D eigenvalue weighted by Crippen LogP contribution is 2.27. The van der Waals surface area contributed by atoms with Crippen molar-refractivity contribution >= 4 is 29.0 Å². The van der Waals surface area contributed by atoms with Crippen LogP contribution in [0.2, 0.25) is 0 Å². The van der Waals surface area contributed by atoms with E-state index in [1.54, 1.807) is 4.90 Å². The average molecular weight is 421 g/mol. The number of carbonyl (C=O) groups is 2. The second-order valence-corrected chi connectivity index (χ2v) is 8.77. The van der Waals surface area contributed by atoms with Crippen molar-refractivity contribution < 1.29 is 9.59 Å². The van der Waals surface area contributed by atoms with Gasteiger partial charge in [-0.25, -0.2) is 4.79 Å². The summed E-state index contributed by atoms with van der Waals surface area (Å²) in [5.74, 6) is -0.209. The minimum absolute atomic E-state index is 0.00919. The van der Waals surface area contributed by atoms with Crippen LogP contribution in [0.4, 0.5) is 21.9 Å². The Hall–Kier alpha value is -3.02. The SMILES string of the molecule is Cc1cccc(NC(=O)N2CCC[C@@H](C(=O)Nc3ccc(N4CCCC4)cc3C)C2)c1. The lowest BCUT2D eigenvalue weighted by molar-refractivity contribution is -0.121. The minimum atomic E-state index is -0.199. The molecule has 2 aromatic carbocycles. The van der Waals surface area contributed by atoms with Gasteiger partial charge in [-0.2, -0.15) is 0 Å². The molecule has 0 spiro atoms. The highest BCUT2D eigenvalue weighted by Gasteiger charge is 2.29. The van der Waals surface area contributed by atoms with E-state index in [1.807, 2.05) is 44.2 Å². The lowest BCUT2D eigenvalue weighted by Gasteiger charge is -2.32. The second kappa shape index (κ2) is 9.41. The summed E-state index contributed by atoms with van der Waals surface area (Å²) in [7, 11) is 0. The summed E-state index contributed by atoms with van der Waals surface area (Å²) >= 11 is 0. The van der Waals surface area contributed by atoms with Gasteiger partial charge in [-0.15, -0.1) is 0 Å². The maximum absolute atomic E-state index is 13.0. The van der Waals surface area contributed by atoms with Gasteiger partial charge in [0.1, 0.15) is 0 Å². The molecule has 2 aliphatic rings. The number of hydrogen-bond acceptors (Lipinski definition) is 3. The highest BCUT2D eigenvalue weighted by molar-refractivity contribution is 5.95. The zero-order valence-corrected chi connectivity index (χ0v) is 18.5. The molecule has 2 saturated heterocycles. The van der Waals surface area contributed by atoms with Crippen molar-refractivity contribution in [3.05, 3.63) is 53.6 Å². The first kappa shape index (κ1) is 21.2. The summed E-state index contributed by atoms with van der Waals surface area (Å²) < 4.78 is 0. The van der Waals surface area contributed by atoms with Crippen LogP contribution in [0.15, 0.2) is 42.5 Å². The number of hydrogen-bond donors (Lipinski definition) is 2. The van der Waals surface area contributed by atoms with E-state index in [-0.39, 0.29) is 17.9 Å². The van der Waals surface area contributed by atoms with Gasteiger partial charge in [0.2, 0.25) is 5.91 Å². The number of aryl methyl sites for hydroxylation is 2. The third-order valence-corrected chi connectivity index (χ3v) is 6.29. The van der Waals surface area contributed by atoms with Crippen LogP contribution in [0.5, 0.6) is 0 Å². The van der Waals surface area contributed by atoms with Crippen molar-refractivity contribution in [3.63, 3.8) is 0 Å². The van der Waals surface area contributed by atoms with Gasteiger partial charge in [-0.05, 0) is 81.0 Å². The summed E-state index contributed by atoms with van der Waals surface area (Å²) in [6.45, 7) is 7.36. The summed E-state index contributed by atoms with van der Waals surface area (Å²) in [5, 5.41) is 6.05. The molecule has 0 unspecified atom stereocenters. The third kappa shape index (κ3) is 5.19. The number of piperidine rings is 1. The maximum atomic E-state index is 13.0. The number of amides is 3. The molecule has 2 aromatic rings. The van der Waals surface area contributed by atoms with Crippen LogP contribution in [-0.2, 0) is 4.79 Å². The number of carbonyl (C=O) groups excluding carboxylic acids is 2. The van der Waals surface area contributed by atoms with E-state index in [9.17, 15) is 9.59 Å². The molecule has 31 heavy (non-hydrogen) atoms. The number of likely N-dealkylation sites (tertiary alicyclic amines) is 1.